The number of benzene rings is 1. The van der Waals surface area contributed by atoms with E-state index >= 15 is 0 Å². The van der Waals surface area contributed by atoms with E-state index in [1.165, 1.54) is 25.7 Å². The molecule has 1 aromatic rings. The maximum absolute atomic E-state index is 13.8. The Morgan fingerprint density at radius 2 is 1.27 bits per heavy atom. The van der Waals surface area contributed by atoms with Gasteiger partial charge in [-0.15, -0.1) is 0 Å². The zero-order valence-corrected chi connectivity index (χ0v) is 15.7. The third-order valence-electron chi connectivity index (χ3n) is 5.31. The van der Waals surface area contributed by atoms with E-state index in [1.807, 2.05) is 5.62 Å². The molecule has 0 amide bonds. The van der Waals surface area contributed by atoms with Crippen molar-refractivity contribution in [2.75, 3.05) is 0 Å². The van der Waals surface area contributed by atoms with Crippen molar-refractivity contribution in [2.45, 2.75) is 62.7 Å². The summed E-state index contributed by atoms with van der Waals surface area (Å²) >= 11 is 6.40. The van der Waals surface area contributed by atoms with Crippen molar-refractivity contribution >= 4 is 24.2 Å². The van der Waals surface area contributed by atoms with Gasteiger partial charge in [0.25, 0.3) is 0 Å². The molecular formula is C17H22ClF2PPd. The molecule has 0 unspecified atom stereocenters. The van der Waals surface area contributed by atoms with Gasteiger partial charge in [-0.05, 0) is 51.4 Å². The molecule has 0 N–H and O–H groups in total. The smallest absolute Gasteiger partial charge is 0.129 e. The van der Waals surface area contributed by atoms with Crippen LogP contribution < -0.4 is 5.30 Å². The van der Waals surface area contributed by atoms with Crippen LogP contribution in [0.4, 0.5) is 8.78 Å². The van der Waals surface area contributed by atoms with Crippen LogP contribution in [0, 0.1) is 17.3 Å². The molecule has 0 radical (unpaired) electrons. The third kappa shape index (κ3) is 3.44. The van der Waals surface area contributed by atoms with Crippen molar-refractivity contribution in [3.05, 3.63) is 35.5 Å². The van der Waals surface area contributed by atoms with Crippen molar-refractivity contribution in [3.63, 3.8) is 0 Å². The molecule has 0 heterocycles. The van der Waals surface area contributed by atoms with Gasteiger partial charge in [0.15, 0.2) is 0 Å². The topological polar surface area (TPSA) is 0 Å². The van der Waals surface area contributed by atoms with E-state index in [0.717, 1.165) is 37.1 Å². The van der Waals surface area contributed by atoms with E-state index < -0.39 is 18.9 Å². The summed E-state index contributed by atoms with van der Waals surface area (Å²) in [5.74, 6) is -0.937. The van der Waals surface area contributed by atoms with Crippen LogP contribution in [0.1, 0.15) is 51.4 Å². The van der Waals surface area contributed by atoms with E-state index in [2.05, 4.69) is 0 Å². The Hall–Kier alpha value is 0.462. The first-order valence-electron chi connectivity index (χ1n) is 7.96. The van der Waals surface area contributed by atoms with Gasteiger partial charge in [0.1, 0.15) is 11.6 Å². The van der Waals surface area contributed by atoms with Crippen molar-refractivity contribution in [3.8, 4) is 0 Å². The molecule has 3 rings (SSSR count). The molecule has 1 aromatic carbocycles. The van der Waals surface area contributed by atoms with Gasteiger partial charge in [-0.3, -0.25) is 0 Å². The Labute approximate surface area is 151 Å². The normalized spacial score (nSPS) is 20.3. The Bertz CT molecular complexity index is 463. The van der Waals surface area contributed by atoms with Gasteiger partial charge in [0, 0.05) is 49.9 Å². The van der Waals surface area contributed by atoms with E-state index in [9.17, 15) is 8.78 Å². The molecule has 2 fully saturated rings. The molecule has 2 aliphatic carbocycles. The van der Waals surface area contributed by atoms with Gasteiger partial charge in [-0.25, -0.2) is 8.78 Å². The zero-order chi connectivity index (χ0) is 14.9. The van der Waals surface area contributed by atoms with Crippen molar-refractivity contribution in [1.82, 2.24) is 0 Å². The van der Waals surface area contributed by atoms with Crippen molar-refractivity contribution < 1.29 is 29.2 Å². The summed E-state index contributed by atoms with van der Waals surface area (Å²) in [6.07, 6.45) is 9.53. The van der Waals surface area contributed by atoms with Crippen LogP contribution in [0.15, 0.2) is 18.2 Å². The standard InChI is InChI=1S/C17H22ClF2P.Pd/c18-12-21(15-5-1-2-6-15,16-7-3-4-8-16)17-10-13(19)9-14(20)11-17;/h9-12,15-16H,1-8H2;. The van der Waals surface area contributed by atoms with E-state index in [0.29, 0.717) is 11.3 Å². The summed E-state index contributed by atoms with van der Waals surface area (Å²) < 4.78 is 27.6. The first-order chi connectivity index (χ1) is 10.2. The Kier molecular flexibility index (Phi) is 6.86. The number of hydrogen-bond acceptors (Lipinski definition) is 0. The number of hydrogen-bond donors (Lipinski definition) is 0. The van der Waals surface area contributed by atoms with Crippen LogP contribution in [-0.4, -0.2) is 11.3 Å². The molecule has 0 atom stereocenters. The average molecular weight is 437 g/mol. The predicted octanol–water partition coefficient (Wildman–Crippen LogP) is 5.85. The molecule has 2 saturated carbocycles. The minimum Gasteiger partial charge on any atom is -0.304 e. The fraction of sp³-hybridized carbons (Fsp3) is 0.588. The maximum atomic E-state index is 13.8. The Balaban J connectivity index is 0.00000176. The molecule has 2 aliphatic rings. The second-order valence-electron chi connectivity index (χ2n) is 6.44. The SMILES string of the molecule is Fc1cc(F)cc([P+]([CH-]Cl)(C2CCCC2)C2CCCC2)c1.[Pd]. The Morgan fingerprint density at radius 1 is 0.864 bits per heavy atom. The molecule has 0 spiro atoms. The summed E-state index contributed by atoms with van der Waals surface area (Å²) in [5.41, 5.74) is 2.91. The first-order valence-corrected chi connectivity index (χ1v) is 10.4. The van der Waals surface area contributed by atoms with Gasteiger partial charge in [-0.1, -0.05) is 12.9 Å². The van der Waals surface area contributed by atoms with Crippen LogP contribution in [0.2, 0.25) is 0 Å². The number of halogens is 3. The molecular weight excluding hydrogens is 415 g/mol. The Morgan fingerprint density at radius 3 is 1.64 bits per heavy atom. The molecule has 126 valence electrons. The summed E-state index contributed by atoms with van der Waals surface area (Å²) in [5, 5.41) is 0.855. The summed E-state index contributed by atoms with van der Waals surface area (Å²) in [6.45, 7) is 0. The van der Waals surface area contributed by atoms with E-state index in [4.69, 9.17) is 11.6 Å². The van der Waals surface area contributed by atoms with Gasteiger partial charge >= 0.3 is 0 Å². The predicted molar refractivity (Wildman–Crippen MR) is 87.6 cm³/mol. The molecule has 0 aromatic heterocycles. The van der Waals surface area contributed by atoms with Crippen LogP contribution in [0.5, 0.6) is 0 Å². The minimum absolute atomic E-state index is 0. The zero-order valence-electron chi connectivity index (χ0n) is 12.5. The van der Waals surface area contributed by atoms with Crippen LogP contribution in [0.25, 0.3) is 0 Å². The largest absolute Gasteiger partial charge is 0.304 e. The molecule has 0 saturated heterocycles. The fourth-order valence-corrected chi connectivity index (χ4v) is 10.7. The van der Waals surface area contributed by atoms with Gasteiger partial charge < -0.3 is 11.6 Å². The van der Waals surface area contributed by atoms with Crippen molar-refractivity contribution in [1.29, 1.82) is 0 Å². The quantitative estimate of drug-likeness (QED) is 0.315. The van der Waals surface area contributed by atoms with Gasteiger partial charge in [0.05, 0.1) is 5.30 Å². The van der Waals surface area contributed by atoms with Crippen LogP contribution in [-0.2, 0) is 20.4 Å². The maximum Gasteiger partial charge on any atom is 0.129 e. The van der Waals surface area contributed by atoms with Crippen LogP contribution >= 0.6 is 18.9 Å². The third-order valence-corrected chi connectivity index (χ3v) is 11.2. The fourth-order valence-electron chi connectivity index (χ4n) is 4.36. The summed E-state index contributed by atoms with van der Waals surface area (Å²) in [7, 11) is -1.82. The summed E-state index contributed by atoms with van der Waals surface area (Å²) in [4.78, 5) is 0. The second kappa shape index (κ2) is 8.03. The molecule has 0 nitrogen and oxygen atoms in total. The van der Waals surface area contributed by atoms with Crippen molar-refractivity contribution in [2.24, 2.45) is 0 Å². The molecule has 5 heteroatoms. The van der Waals surface area contributed by atoms with E-state index in [-0.39, 0.29) is 20.4 Å². The average Bonchev–Trinajstić information content (AvgIpc) is 3.12. The molecule has 22 heavy (non-hydrogen) atoms. The molecule has 0 aliphatic heterocycles. The van der Waals surface area contributed by atoms with E-state index in [1.54, 1.807) is 12.1 Å². The first kappa shape index (κ1) is 18.8. The molecule has 0 bridgehead atoms. The number of rotatable bonds is 4. The second-order valence-corrected chi connectivity index (χ2v) is 10.9. The summed E-state index contributed by atoms with van der Waals surface area (Å²) in [6, 6.07) is 4.06. The minimum atomic E-state index is -1.82. The van der Waals surface area contributed by atoms with Gasteiger partial charge in [-0.2, -0.15) is 0 Å². The van der Waals surface area contributed by atoms with Crippen LogP contribution in [0.3, 0.4) is 0 Å². The van der Waals surface area contributed by atoms with Gasteiger partial charge in [0.2, 0.25) is 0 Å². The monoisotopic (exact) mass is 436 g/mol.